The van der Waals surface area contributed by atoms with Crippen molar-refractivity contribution in [3.05, 3.63) is 29.3 Å². The Balaban J connectivity index is 1.51. The average molecular weight is 249 g/mol. The highest BCUT2D eigenvalue weighted by Gasteiger charge is 2.15. The third kappa shape index (κ3) is 2.78. The normalized spacial score (nSPS) is 22.5. The lowest BCUT2D eigenvalue weighted by molar-refractivity contribution is 0.357. The van der Waals surface area contributed by atoms with E-state index in [2.05, 4.69) is 35.3 Å². The first kappa shape index (κ1) is 11.4. The molecule has 17 heavy (non-hydrogen) atoms. The number of fused-ring (bicyclic) bond motifs is 1. The smallest absolute Gasteiger partial charge is 0.122 e. The largest absolute Gasteiger partial charge is 0.493 e. The van der Waals surface area contributed by atoms with Crippen LogP contribution in [0.5, 0.6) is 5.75 Å². The van der Waals surface area contributed by atoms with Crippen molar-refractivity contribution in [1.82, 2.24) is 5.32 Å². The number of nitrogens with one attached hydrogen (secondary N) is 1. The van der Waals surface area contributed by atoms with E-state index in [1.54, 1.807) is 0 Å². The van der Waals surface area contributed by atoms with Crippen molar-refractivity contribution in [2.45, 2.75) is 19.4 Å². The van der Waals surface area contributed by atoms with Crippen LogP contribution in [0.3, 0.4) is 0 Å². The molecule has 1 atom stereocenters. The fourth-order valence-corrected chi connectivity index (χ4v) is 3.80. The Bertz CT molecular complexity index is 388. The fraction of sp³-hybridized carbons (Fsp3) is 0.571. The molecule has 0 aliphatic carbocycles. The van der Waals surface area contributed by atoms with Crippen LogP contribution in [0, 0.1) is 5.92 Å². The maximum atomic E-state index is 5.52. The van der Waals surface area contributed by atoms with Gasteiger partial charge in [0.2, 0.25) is 0 Å². The average Bonchev–Trinajstić information content (AvgIpc) is 2.98. The number of thioether (sulfide) groups is 1. The summed E-state index contributed by atoms with van der Waals surface area (Å²) in [6.45, 7) is 3.01. The molecule has 3 heteroatoms. The Hall–Kier alpha value is -0.670. The Morgan fingerprint density at radius 1 is 1.41 bits per heavy atom. The van der Waals surface area contributed by atoms with Crippen LogP contribution in [-0.4, -0.2) is 24.7 Å². The van der Waals surface area contributed by atoms with E-state index in [9.17, 15) is 0 Å². The monoisotopic (exact) mass is 249 g/mol. The molecule has 0 radical (unpaired) electrons. The first-order valence-corrected chi connectivity index (χ1v) is 7.60. The molecule has 1 aromatic carbocycles. The minimum Gasteiger partial charge on any atom is -0.493 e. The summed E-state index contributed by atoms with van der Waals surface area (Å²) < 4.78 is 5.52. The summed E-state index contributed by atoms with van der Waals surface area (Å²) in [7, 11) is 0. The van der Waals surface area contributed by atoms with Gasteiger partial charge in [0, 0.05) is 13.0 Å². The van der Waals surface area contributed by atoms with Crippen molar-refractivity contribution in [3.63, 3.8) is 0 Å². The van der Waals surface area contributed by atoms with E-state index in [0.29, 0.717) is 0 Å². The highest BCUT2D eigenvalue weighted by Crippen LogP contribution is 2.26. The second-order valence-corrected chi connectivity index (χ2v) is 6.05. The number of hydrogen-bond donors (Lipinski definition) is 1. The maximum absolute atomic E-state index is 5.52. The minimum absolute atomic E-state index is 0.853. The van der Waals surface area contributed by atoms with Crippen LogP contribution in [0.1, 0.15) is 17.5 Å². The molecule has 0 aromatic heterocycles. The lowest BCUT2D eigenvalue weighted by atomic mass is 10.1. The Kier molecular flexibility index (Phi) is 3.57. The van der Waals surface area contributed by atoms with Crippen LogP contribution in [0.2, 0.25) is 0 Å². The van der Waals surface area contributed by atoms with Crippen LogP contribution < -0.4 is 10.1 Å². The van der Waals surface area contributed by atoms with E-state index in [-0.39, 0.29) is 0 Å². The number of ether oxygens (including phenoxy) is 1. The second-order valence-electron chi connectivity index (χ2n) is 4.90. The molecule has 2 aliphatic heterocycles. The standard InChI is InChI=1S/C14H19NOS/c1-2-14-13(3-5-16-14)7-11(1)8-15-9-12-4-6-17-10-12/h1-2,7,12,15H,3-6,8-10H2. The molecule has 2 nitrogen and oxygen atoms in total. The highest BCUT2D eigenvalue weighted by molar-refractivity contribution is 7.99. The van der Waals surface area contributed by atoms with Gasteiger partial charge < -0.3 is 10.1 Å². The van der Waals surface area contributed by atoms with E-state index in [1.165, 1.54) is 35.6 Å². The van der Waals surface area contributed by atoms with E-state index >= 15 is 0 Å². The van der Waals surface area contributed by atoms with E-state index < -0.39 is 0 Å². The van der Waals surface area contributed by atoms with Crippen LogP contribution in [-0.2, 0) is 13.0 Å². The van der Waals surface area contributed by atoms with Crippen LogP contribution >= 0.6 is 11.8 Å². The lowest BCUT2D eigenvalue weighted by Crippen LogP contribution is -2.22. The third-order valence-electron chi connectivity index (χ3n) is 3.54. The molecule has 2 aliphatic rings. The SMILES string of the molecule is c1cc2c(cc1CNCC1CCSC1)CCO2. The van der Waals surface area contributed by atoms with Gasteiger partial charge in [-0.1, -0.05) is 12.1 Å². The lowest BCUT2D eigenvalue weighted by Gasteiger charge is -2.10. The quantitative estimate of drug-likeness (QED) is 0.885. The molecular weight excluding hydrogens is 230 g/mol. The van der Waals surface area contributed by atoms with Crippen molar-refractivity contribution in [1.29, 1.82) is 0 Å². The Morgan fingerprint density at radius 2 is 2.41 bits per heavy atom. The fourth-order valence-electron chi connectivity index (χ4n) is 2.51. The molecule has 1 aromatic rings. The third-order valence-corrected chi connectivity index (χ3v) is 4.77. The van der Waals surface area contributed by atoms with Crippen LogP contribution in [0.25, 0.3) is 0 Å². The van der Waals surface area contributed by atoms with Crippen molar-refractivity contribution >= 4 is 11.8 Å². The molecule has 1 saturated heterocycles. The molecule has 2 heterocycles. The number of hydrogen-bond acceptors (Lipinski definition) is 3. The summed E-state index contributed by atoms with van der Waals surface area (Å²) in [6, 6.07) is 6.59. The molecule has 0 spiro atoms. The van der Waals surface area contributed by atoms with Gasteiger partial charge in [-0.15, -0.1) is 0 Å². The molecule has 92 valence electrons. The zero-order valence-electron chi connectivity index (χ0n) is 10.1. The summed E-state index contributed by atoms with van der Waals surface area (Å²) in [6.07, 6.45) is 2.46. The van der Waals surface area contributed by atoms with Crippen LogP contribution in [0.4, 0.5) is 0 Å². The van der Waals surface area contributed by atoms with Gasteiger partial charge in [-0.3, -0.25) is 0 Å². The van der Waals surface area contributed by atoms with Gasteiger partial charge in [0.15, 0.2) is 0 Å². The van der Waals surface area contributed by atoms with Crippen molar-refractivity contribution in [2.24, 2.45) is 5.92 Å². The van der Waals surface area contributed by atoms with Gasteiger partial charge in [-0.05, 0) is 47.6 Å². The van der Waals surface area contributed by atoms with Crippen molar-refractivity contribution < 1.29 is 4.74 Å². The maximum Gasteiger partial charge on any atom is 0.122 e. The van der Waals surface area contributed by atoms with Gasteiger partial charge in [0.05, 0.1) is 6.61 Å². The first-order valence-electron chi connectivity index (χ1n) is 6.45. The number of rotatable bonds is 4. The Labute approximate surface area is 107 Å². The molecule has 0 bridgehead atoms. The van der Waals surface area contributed by atoms with E-state index in [1.807, 2.05) is 0 Å². The van der Waals surface area contributed by atoms with E-state index in [4.69, 9.17) is 4.74 Å². The molecule has 0 saturated carbocycles. The molecule has 1 N–H and O–H groups in total. The summed E-state index contributed by atoms with van der Waals surface area (Å²) in [5.41, 5.74) is 2.76. The van der Waals surface area contributed by atoms with Gasteiger partial charge in [0.1, 0.15) is 5.75 Å². The number of benzene rings is 1. The summed E-state index contributed by atoms with van der Waals surface area (Å²) in [5, 5.41) is 3.58. The highest BCUT2D eigenvalue weighted by atomic mass is 32.2. The molecule has 1 fully saturated rings. The first-order chi connectivity index (χ1) is 8.42. The zero-order valence-corrected chi connectivity index (χ0v) is 10.9. The van der Waals surface area contributed by atoms with Crippen molar-refractivity contribution in [3.8, 4) is 5.75 Å². The van der Waals surface area contributed by atoms with Crippen LogP contribution in [0.15, 0.2) is 18.2 Å². The topological polar surface area (TPSA) is 21.3 Å². The summed E-state index contributed by atoms with van der Waals surface area (Å²) in [4.78, 5) is 0. The van der Waals surface area contributed by atoms with Gasteiger partial charge >= 0.3 is 0 Å². The second kappa shape index (κ2) is 5.32. The van der Waals surface area contributed by atoms with Crippen molar-refractivity contribution in [2.75, 3.05) is 24.7 Å². The summed E-state index contributed by atoms with van der Waals surface area (Å²) in [5.74, 6) is 4.66. The molecule has 3 rings (SSSR count). The predicted octanol–water partition coefficient (Wildman–Crippen LogP) is 2.46. The predicted molar refractivity (Wildman–Crippen MR) is 72.8 cm³/mol. The zero-order chi connectivity index (χ0) is 11.5. The molecule has 1 unspecified atom stereocenters. The van der Waals surface area contributed by atoms with E-state index in [0.717, 1.165) is 31.2 Å². The summed E-state index contributed by atoms with van der Waals surface area (Å²) >= 11 is 2.09. The van der Waals surface area contributed by atoms with Gasteiger partial charge in [-0.25, -0.2) is 0 Å². The van der Waals surface area contributed by atoms with Gasteiger partial charge in [0.25, 0.3) is 0 Å². The molecular formula is C14H19NOS. The Morgan fingerprint density at radius 3 is 3.29 bits per heavy atom. The van der Waals surface area contributed by atoms with Gasteiger partial charge in [-0.2, -0.15) is 11.8 Å². The molecule has 0 amide bonds. The minimum atomic E-state index is 0.853.